The minimum atomic E-state index is -0.462. The number of halogens is 1. The van der Waals surface area contributed by atoms with Crippen molar-refractivity contribution < 1.29 is 4.79 Å². The highest BCUT2D eigenvalue weighted by Gasteiger charge is 2.06. The third-order valence-corrected chi connectivity index (χ3v) is 3.58. The second kappa shape index (κ2) is 6.66. The molecule has 1 heterocycles. The lowest BCUT2D eigenvalue weighted by Gasteiger charge is -2.07. The normalized spacial score (nSPS) is 11.0. The van der Waals surface area contributed by atoms with E-state index in [1.54, 1.807) is 18.2 Å². The fraction of sp³-hybridized carbons (Fsp3) is 0.188. The SMILES string of the molecule is Cc1ccc(Cl)cc1NC(=O)/C=C/c1cn(C)c(=O)n(C)c1=O. The van der Waals surface area contributed by atoms with Gasteiger partial charge in [-0.15, -0.1) is 0 Å². The quantitative estimate of drug-likeness (QED) is 0.869. The van der Waals surface area contributed by atoms with Gasteiger partial charge in [0.1, 0.15) is 0 Å². The summed E-state index contributed by atoms with van der Waals surface area (Å²) in [4.78, 5) is 35.5. The Hall–Kier alpha value is -2.60. The first kappa shape index (κ1) is 16.8. The van der Waals surface area contributed by atoms with Crippen LogP contribution < -0.4 is 16.6 Å². The van der Waals surface area contributed by atoms with Crippen LogP contribution in [0, 0.1) is 6.92 Å². The number of carbonyl (C=O) groups is 1. The lowest BCUT2D eigenvalue weighted by molar-refractivity contribution is -0.111. The molecule has 23 heavy (non-hydrogen) atoms. The number of nitrogens with zero attached hydrogens (tertiary/aromatic N) is 2. The summed E-state index contributed by atoms with van der Waals surface area (Å²) >= 11 is 5.90. The van der Waals surface area contributed by atoms with Crippen LogP contribution in [-0.2, 0) is 18.9 Å². The number of benzene rings is 1. The molecule has 1 aromatic carbocycles. The summed E-state index contributed by atoms with van der Waals surface area (Å²) in [5, 5.41) is 3.21. The van der Waals surface area contributed by atoms with Crippen LogP contribution in [0.15, 0.2) is 40.1 Å². The minimum Gasteiger partial charge on any atom is -0.322 e. The Bertz CT molecular complexity index is 910. The van der Waals surface area contributed by atoms with Crippen LogP contribution in [0.2, 0.25) is 5.02 Å². The maximum atomic E-state index is 12.0. The lowest BCUT2D eigenvalue weighted by Crippen LogP contribution is -2.37. The molecule has 0 radical (unpaired) electrons. The van der Waals surface area contributed by atoms with E-state index in [4.69, 9.17) is 11.6 Å². The number of aromatic nitrogens is 2. The standard InChI is InChI=1S/C16H16ClN3O3/c1-10-4-6-12(17)8-13(10)18-14(21)7-5-11-9-19(2)16(23)20(3)15(11)22/h4-9H,1-3H3,(H,18,21)/b7-5+. The van der Waals surface area contributed by atoms with Crippen molar-refractivity contribution in [2.45, 2.75) is 6.92 Å². The zero-order valence-electron chi connectivity index (χ0n) is 13.0. The smallest absolute Gasteiger partial charge is 0.322 e. The summed E-state index contributed by atoms with van der Waals surface area (Å²) in [6.07, 6.45) is 4.00. The molecule has 1 N–H and O–H groups in total. The second-order valence-corrected chi connectivity index (χ2v) is 5.56. The summed E-state index contributed by atoms with van der Waals surface area (Å²) in [6, 6.07) is 5.18. The van der Waals surface area contributed by atoms with Crippen molar-refractivity contribution in [2.24, 2.45) is 14.1 Å². The maximum absolute atomic E-state index is 12.0. The molecule has 0 unspecified atom stereocenters. The van der Waals surface area contributed by atoms with Crippen molar-refractivity contribution in [1.82, 2.24) is 9.13 Å². The molecule has 0 fully saturated rings. The lowest BCUT2D eigenvalue weighted by atomic mass is 10.2. The van der Waals surface area contributed by atoms with E-state index in [9.17, 15) is 14.4 Å². The Kier molecular flexibility index (Phi) is 4.86. The molecule has 0 aliphatic heterocycles. The summed E-state index contributed by atoms with van der Waals surface area (Å²) < 4.78 is 2.26. The van der Waals surface area contributed by atoms with E-state index in [0.717, 1.165) is 10.1 Å². The number of aryl methyl sites for hydroxylation is 2. The van der Waals surface area contributed by atoms with Crippen LogP contribution in [0.1, 0.15) is 11.1 Å². The largest absolute Gasteiger partial charge is 0.330 e. The third-order valence-electron chi connectivity index (χ3n) is 3.34. The summed E-state index contributed by atoms with van der Waals surface area (Å²) in [6.45, 7) is 1.85. The predicted molar refractivity (Wildman–Crippen MR) is 90.8 cm³/mol. The average molecular weight is 334 g/mol. The van der Waals surface area contributed by atoms with Gasteiger partial charge in [-0.05, 0) is 30.7 Å². The number of hydrogen-bond donors (Lipinski definition) is 1. The average Bonchev–Trinajstić information content (AvgIpc) is 2.51. The van der Waals surface area contributed by atoms with Gasteiger partial charge in [0, 0.05) is 37.1 Å². The highest BCUT2D eigenvalue weighted by molar-refractivity contribution is 6.31. The molecule has 2 aromatic rings. The van der Waals surface area contributed by atoms with E-state index >= 15 is 0 Å². The molecule has 1 aromatic heterocycles. The fourth-order valence-electron chi connectivity index (χ4n) is 2.02. The van der Waals surface area contributed by atoms with Gasteiger partial charge in [-0.3, -0.25) is 14.2 Å². The van der Waals surface area contributed by atoms with Crippen molar-refractivity contribution in [3.05, 3.63) is 67.5 Å². The van der Waals surface area contributed by atoms with E-state index < -0.39 is 17.2 Å². The van der Waals surface area contributed by atoms with Gasteiger partial charge in [0.05, 0.1) is 5.56 Å². The Balaban J connectivity index is 2.24. The number of amides is 1. The monoisotopic (exact) mass is 333 g/mol. The van der Waals surface area contributed by atoms with E-state index in [1.165, 1.54) is 37.0 Å². The zero-order valence-corrected chi connectivity index (χ0v) is 13.7. The van der Waals surface area contributed by atoms with Gasteiger partial charge in [0.15, 0.2) is 0 Å². The van der Waals surface area contributed by atoms with E-state index in [0.29, 0.717) is 10.7 Å². The summed E-state index contributed by atoms with van der Waals surface area (Å²) in [5.74, 6) is -0.397. The number of nitrogens with one attached hydrogen (secondary N) is 1. The molecule has 0 atom stereocenters. The zero-order chi connectivity index (χ0) is 17.1. The fourth-order valence-corrected chi connectivity index (χ4v) is 2.19. The van der Waals surface area contributed by atoms with Crippen LogP contribution in [0.25, 0.3) is 6.08 Å². The first-order valence-corrected chi connectivity index (χ1v) is 7.19. The number of carbonyl (C=O) groups excluding carboxylic acids is 1. The molecular weight excluding hydrogens is 318 g/mol. The Morgan fingerprint density at radius 1 is 1.26 bits per heavy atom. The van der Waals surface area contributed by atoms with Gasteiger partial charge in [-0.25, -0.2) is 4.79 Å². The van der Waals surface area contributed by atoms with Gasteiger partial charge in [-0.1, -0.05) is 17.7 Å². The third kappa shape index (κ3) is 3.78. The Morgan fingerprint density at radius 2 is 1.96 bits per heavy atom. The molecule has 0 saturated carbocycles. The van der Waals surface area contributed by atoms with E-state index in [-0.39, 0.29) is 5.56 Å². The number of anilines is 1. The molecule has 1 amide bonds. The van der Waals surface area contributed by atoms with Crippen molar-refractivity contribution >= 4 is 29.3 Å². The topological polar surface area (TPSA) is 73.1 Å². The van der Waals surface area contributed by atoms with Crippen LogP contribution >= 0.6 is 11.6 Å². The molecule has 0 saturated heterocycles. The highest BCUT2D eigenvalue weighted by atomic mass is 35.5. The first-order chi connectivity index (χ1) is 10.8. The molecule has 0 aliphatic carbocycles. The number of rotatable bonds is 3. The molecule has 2 rings (SSSR count). The molecule has 6 nitrogen and oxygen atoms in total. The molecular formula is C16H16ClN3O3. The molecule has 0 aliphatic rings. The minimum absolute atomic E-state index is 0.243. The van der Waals surface area contributed by atoms with Crippen molar-refractivity contribution in [2.75, 3.05) is 5.32 Å². The number of hydrogen-bond acceptors (Lipinski definition) is 3. The highest BCUT2D eigenvalue weighted by Crippen LogP contribution is 2.20. The van der Waals surface area contributed by atoms with Gasteiger partial charge in [-0.2, -0.15) is 0 Å². The van der Waals surface area contributed by atoms with Gasteiger partial charge < -0.3 is 9.88 Å². The molecule has 0 spiro atoms. The second-order valence-electron chi connectivity index (χ2n) is 5.12. The first-order valence-electron chi connectivity index (χ1n) is 6.81. The van der Waals surface area contributed by atoms with Crippen LogP contribution in [0.3, 0.4) is 0 Å². The van der Waals surface area contributed by atoms with E-state index in [2.05, 4.69) is 5.32 Å². The van der Waals surface area contributed by atoms with Crippen molar-refractivity contribution in [3.63, 3.8) is 0 Å². The summed E-state index contributed by atoms with van der Waals surface area (Å²) in [7, 11) is 2.92. The predicted octanol–water partition coefficient (Wildman–Crippen LogP) is 1.70. The Morgan fingerprint density at radius 3 is 2.65 bits per heavy atom. The van der Waals surface area contributed by atoms with Crippen LogP contribution in [-0.4, -0.2) is 15.0 Å². The van der Waals surface area contributed by atoms with Gasteiger partial charge in [0.25, 0.3) is 5.56 Å². The molecule has 7 heteroatoms. The van der Waals surface area contributed by atoms with Gasteiger partial charge in [0.2, 0.25) is 5.91 Å². The van der Waals surface area contributed by atoms with Gasteiger partial charge >= 0.3 is 5.69 Å². The molecule has 0 bridgehead atoms. The Labute approximate surface area is 137 Å². The van der Waals surface area contributed by atoms with E-state index in [1.807, 2.05) is 6.92 Å². The van der Waals surface area contributed by atoms with Crippen LogP contribution in [0.4, 0.5) is 5.69 Å². The maximum Gasteiger partial charge on any atom is 0.330 e. The molecule has 120 valence electrons. The van der Waals surface area contributed by atoms with Crippen molar-refractivity contribution in [1.29, 1.82) is 0 Å². The van der Waals surface area contributed by atoms with Crippen LogP contribution in [0.5, 0.6) is 0 Å². The van der Waals surface area contributed by atoms with Crippen molar-refractivity contribution in [3.8, 4) is 0 Å². The summed E-state index contributed by atoms with van der Waals surface area (Å²) in [5.41, 5.74) is 0.824.